The number of rotatable bonds is 7. The summed E-state index contributed by atoms with van der Waals surface area (Å²) in [7, 11) is 3.34. The van der Waals surface area contributed by atoms with E-state index >= 15 is 0 Å². The highest BCUT2D eigenvalue weighted by molar-refractivity contribution is 5.79. The van der Waals surface area contributed by atoms with Gasteiger partial charge in [-0.15, -0.1) is 0 Å². The predicted molar refractivity (Wildman–Crippen MR) is 94.1 cm³/mol. The summed E-state index contributed by atoms with van der Waals surface area (Å²) in [6.45, 7) is 1.12. The van der Waals surface area contributed by atoms with Gasteiger partial charge in [-0.3, -0.25) is 9.69 Å². The van der Waals surface area contributed by atoms with Gasteiger partial charge in [0.05, 0.1) is 13.7 Å². The molecule has 3 nitrogen and oxygen atoms in total. The van der Waals surface area contributed by atoms with Crippen molar-refractivity contribution >= 4 is 11.5 Å². The molecule has 0 fully saturated rings. The van der Waals surface area contributed by atoms with E-state index in [1.807, 2.05) is 24.1 Å². The summed E-state index contributed by atoms with van der Waals surface area (Å²) in [4.78, 5) is 13.3. The van der Waals surface area contributed by atoms with E-state index in [4.69, 9.17) is 4.74 Å². The van der Waals surface area contributed by atoms with Crippen molar-refractivity contribution in [3.8, 4) is 0 Å². The summed E-state index contributed by atoms with van der Waals surface area (Å²) in [5, 5.41) is 0. The third-order valence-corrected chi connectivity index (χ3v) is 3.66. The molecule has 2 rings (SSSR count). The number of benzene rings is 2. The largest absolute Gasteiger partial charge is 0.468 e. The van der Waals surface area contributed by atoms with E-state index in [-0.39, 0.29) is 5.97 Å². The van der Waals surface area contributed by atoms with Crippen LogP contribution in [0.5, 0.6) is 0 Å². The van der Waals surface area contributed by atoms with Crippen molar-refractivity contribution < 1.29 is 9.53 Å². The van der Waals surface area contributed by atoms with Crippen LogP contribution in [0.15, 0.2) is 66.7 Å². The van der Waals surface area contributed by atoms with E-state index in [0.717, 1.165) is 13.0 Å². The normalized spacial score (nSPS) is 10.4. The Labute approximate surface area is 138 Å². The average molecular weight is 309 g/mol. The maximum Gasteiger partial charge on any atom is 0.319 e. The molecule has 0 heterocycles. The second-order valence-electron chi connectivity index (χ2n) is 5.45. The topological polar surface area (TPSA) is 29.5 Å². The molecule has 3 heteroatoms. The van der Waals surface area contributed by atoms with E-state index in [1.54, 1.807) is 0 Å². The van der Waals surface area contributed by atoms with Gasteiger partial charge in [0.2, 0.25) is 0 Å². The molecule has 0 saturated heterocycles. The third kappa shape index (κ3) is 5.38. The molecule has 0 aliphatic heterocycles. The van der Waals surface area contributed by atoms with Gasteiger partial charge in [0.25, 0.3) is 0 Å². The van der Waals surface area contributed by atoms with Crippen molar-refractivity contribution in [2.45, 2.75) is 6.42 Å². The number of methoxy groups -OCH3 is 1. The maximum atomic E-state index is 11.3. The standard InChI is InChI=1S/C20H23NO2/c1-21(16-20(22)23-2)15-9-14-19(17-10-5-3-6-11-17)18-12-7-4-8-13-18/h3-8,10-14H,9,15-16H2,1-2H3. The van der Waals surface area contributed by atoms with E-state index < -0.39 is 0 Å². The molecule has 120 valence electrons. The van der Waals surface area contributed by atoms with Crippen molar-refractivity contribution in [2.24, 2.45) is 0 Å². The summed E-state index contributed by atoms with van der Waals surface area (Å²) in [6, 6.07) is 20.7. The van der Waals surface area contributed by atoms with Gasteiger partial charge in [-0.2, -0.15) is 0 Å². The second kappa shape index (κ2) is 8.91. The molecule has 0 aliphatic carbocycles. The lowest BCUT2D eigenvalue weighted by atomic mass is 9.97. The monoisotopic (exact) mass is 309 g/mol. The highest BCUT2D eigenvalue weighted by Gasteiger charge is 2.07. The highest BCUT2D eigenvalue weighted by atomic mass is 16.5. The molecule has 0 unspecified atom stereocenters. The quantitative estimate of drug-likeness (QED) is 0.732. The van der Waals surface area contributed by atoms with Crippen LogP contribution in [0.1, 0.15) is 17.5 Å². The molecule has 2 aromatic rings. The zero-order valence-corrected chi connectivity index (χ0v) is 13.7. The van der Waals surface area contributed by atoms with Crippen molar-refractivity contribution in [1.29, 1.82) is 0 Å². The number of likely N-dealkylation sites (N-methyl/N-ethyl adjacent to an activating group) is 1. The zero-order valence-electron chi connectivity index (χ0n) is 13.7. The van der Waals surface area contributed by atoms with Crippen molar-refractivity contribution in [2.75, 3.05) is 27.2 Å². The van der Waals surface area contributed by atoms with Crippen LogP contribution in [0.2, 0.25) is 0 Å². The summed E-state index contributed by atoms with van der Waals surface area (Å²) in [5.41, 5.74) is 3.63. The fraction of sp³-hybridized carbons (Fsp3) is 0.250. The average Bonchev–Trinajstić information content (AvgIpc) is 2.60. The van der Waals surface area contributed by atoms with E-state index in [9.17, 15) is 4.79 Å². The van der Waals surface area contributed by atoms with Crippen LogP contribution in [-0.4, -0.2) is 38.1 Å². The molecule has 0 radical (unpaired) electrons. The Hall–Kier alpha value is -2.39. The SMILES string of the molecule is COC(=O)CN(C)CCC=C(c1ccccc1)c1ccccc1. The molecule has 0 aliphatic rings. The Kier molecular flexibility index (Phi) is 6.57. The van der Waals surface area contributed by atoms with Gasteiger partial charge >= 0.3 is 5.97 Å². The Morgan fingerprint density at radius 3 is 2.00 bits per heavy atom. The number of nitrogens with zero attached hydrogens (tertiary/aromatic N) is 1. The lowest BCUT2D eigenvalue weighted by Crippen LogP contribution is -2.27. The van der Waals surface area contributed by atoms with Crippen molar-refractivity contribution in [3.63, 3.8) is 0 Å². The van der Waals surface area contributed by atoms with Gasteiger partial charge in [0.15, 0.2) is 0 Å². The summed E-state index contributed by atoms with van der Waals surface area (Å²) < 4.78 is 4.69. The number of hydrogen-bond donors (Lipinski definition) is 0. The number of hydrogen-bond acceptors (Lipinski definition) is 3. The van der Waals surface area contributed by atoms with Crippen LogP contribution in [0, 0.1) is 0 Å². The molecule has 0 N–H and O–H groups in total. The van der Waals surface area contributed by atoms with Gasteiger partial charge in [-0.25, -0.2) is 0 Å². The molecule has 0 atom stereocenters. The molecule has 0 aromatic heterocycles. The molecule has 23 heavy (non-hydrogen) atoms. The minimum Gasteiger partial charge on any atom is -0.468 e. The number of carbonyl (C=O) groups is 1. The lowest BCUT2D eigenvalue weighted by molar-refractivity contribution is -0.141. The number of carbonyl (C=O) groups excluding carboxylic acids is 1. The van der Waals surface area contributed by atoms with Gasteiger partial charge in [-0.05, 0) is 30.2 Å². The summed E-state index contributed by atoms with van der Waals surface area (Å²) >= 11 is 0. The Morgan fingerprint density at radius 2 is 1.52 bits per heavy atom. The molecule has 0 spiro atoms. The first kappa shape index (κ1) is 17.0. The zero-order chi connectivity index (χ0) is 16.5. The first-order valence-electron chi connectivity index (χ1n) is 7.77. The lowest BCUT2D eigenvalue weighted by Gasteiger charge is -2.14. The van der Waals surface area contributed by atoms with Crippen molar-refractivity contribution in [3.05, 3.63) is 77.9 Å². The Balaban J connectivity index is 2.10. The van der Waals surface area contributed by atoms with Crippen LogP contribution in [-0.2, 0) is 9.53 Å². The molecule has 0 saturated carbocycles. The second-order valence-corrected chi connectivity index (χ2v) is 5.45. The van der Waals surface area contributed by atoms with E-state index in [1.165, 1.54) is 23.8 Å². The predicted octanol–water partition coefficient (Wildman–Crippen LogP) is 3.61. The van der Waals surface area contributed by atoms with E-state index in [2.05, 4.69) is 54.6 Å². The fourth-order valence-electron chi connectivity index (χ4n) is 2.43. The highest BCUT2D eigenvalue weighted by Crippen LogP contribution is 2.23. The third-order valence-electron chi connectivity index (χ3n) is 3.66. The molecule has 0 bridgehead atoms. The molecular formula is C20H23NO2. The smallest absolute Gasteiger partial charge is 0.319 e. The van der Waals surface area contributed by atoms with Crippen LogP contribution >= 0.6 is 0 Å². The van der Waals surface area contributed by atoms with E-state index in [0.29, 0.717) is 6.54 Å². The fourth-order valence-corrected chi connectivity index (χ4v) is 2.43. The maximum absolute atomic E-state index is 11.3. The summed E-state index contributed by atoms with van der Waals surface area (Å²) in [6.07, 6.45) is 3.10. The summed E-state index contributed by atoms with van der Waals surface area (Å²) in [5.74, 6) is -0.206. The first-order valence-corrected chi connectivity index (χ1v) is 7.77. The van der Waals surface area contributed by atoms with Crippen LogP contribution in [0.25, 0.3) is 5.57 Å². The molecular weight excluding hydrogens is 286 g/mol. The molecule has 2 aromatic carbocycles. The van der Waals surface area contributed by atoms with Gasteiger partial charge in [0, 0.05) is 6.54 Å². The van der Waals surface area contributed by atoms with Gasteiger partial charge in [0.1, 0.15) is 0 Å². The number of ether oxygens (including phenoxy) is 1. The minimum absolute atomic E-state index is 0.206. The van der Waals surface area contributed by atoms with Crippen LogP contribution < -0.4 is 0 Å². The van der Waals surface area contributed by atoms with Crippen LogP contribution in [0.4, 0.5) is 0 Å². The Morgan fingerprint density at radius 1 is 1.00 bits per heavy atom. The first-order chi connectivity index (χ1) is 11.2. The molecule has 0 amide bonds. The van der Waals surface area contributed by atoms with Gasteiger partial charge < -0.3 is 4.74 Å². The number of esters is 1. The van der Waals surface area contributed by atoms with Crippen LogP contribution in [0.3, 0.4) is 0 Å². The Bertz CT molecular complexity index is 594. The minimum atomic E-state index is -0.206. The van der Waals surface area contributed by atoms with Crippen molar-refractivity contribution in [1.82, 2.24) is 4.90 Å². The van der Waals surface area contributed by atoms with Gasteiger partial charge in [-0.1, -0.05) is 66.7 Å².